The minimum atomic E-state index is -4.35. The summed E-state index contributed by atoms with van der Waals surface area (Å²) in [7, 11) is -4.35. The highest BCUT2D eigenvalue weighted by Crippen LogP contribution is 2.17. The van der Waals surface area contributed by atoms with Gasteiger partial charge in [-0.05, 0) is 12.8 Å². The Bertz CT molecular complexity index is 460. The smallest absolute Gasteiger partial charge is 0.264 e. The summed E-state index contributed by atoms with van der Waals surface area (Å²) < 4.78 is 35.0. The predicted octanol–water partition coefficient (Wildman–Crippen LogP) is 8.04. The zero-order valence-electron chi connectivity index (χ0n) is 19.2. The molecule has 0 saturated heterocycles. The van der Waals surface area contributed by atoms with E-state index in [1.54, 1.807) is 0 Å². The molecule has 0 fully saturated rings. The van der Waals surface area contributed by atoms with Crippen LogP contribution in [-0.4, -0.2) is 19.6 Å². The van der Waals surface area contributed by atoms with Crippen LogP contribution in [0.2, 0.25) is 0 Å². The zero-order valence-corrected chi connectivity index (χ0v) is 20.1. The molecule has 0 spiro atoms. The van der Waals surface area contributed by atoms with Gasteiger partial charge in [0.1, 0.15) is 0 Å². The van der Waals surface area contributed by atoms with Gasteiger partial charge in [0, 0.05) is 5.92 Å². The molecule has 0 amide bonds. The molecule has 5 heteroatoms. The second kappa shape index (κ2) is 20.9. The van der Waals surface area contributed by atoms with Crippen molar-refractivity contribution in [1.29, 1.82) is 0 Å². The Morgan fingerprint density at radius 1 is 0.724 bits per heavy atom. The van der Waals surface area contributed by atoms with Crippen molar-refractivity contribution in [2.24, 2.45) is 5.92 Å². The molecule has 0 aromatic rings. The minimum Gasteiger partial charge on any atom is -0.264 e. The minimum absolute atomic E-state index is 0.0416. The first-order valence-electron chi connectivity index (χ1n) is 12.3. The maximum atomic E-state index is 10.8. The Morgan fingerprint density at radius 3 is 1.62 bits per heavy atom. The lowest BCUT2D eigenvalue weighted by atomic mass is 9.99. The molecule has 1 N–H and O–H groups in total. The first-order valence-corrected chi connectivity index (χ1v) is 13.6. The Labute approximate surface area is 181 Å². The molecule has 1 unspecified atom stereocenters. The molecule has 0 aliphatic heterocycles. The van der Waals surface area contributed by atoms with Crippen molar-refractivity contribution >= 4 is 10.4 Å². The lowest BCUT2D eigenvalue weighted by Gasteiger charge is -2.12. The molecule has 4 nitrogen and oxygen atoms in total. The van der Waals surface area contributed by atoms with Gasteiger partial charge in [-0.1, -0.05) is 129 Å². The highest BCUT2D eigenvalue weighted by atomic mass is 32.3. The van der Waals surface area contributed by atoms with Gasteiger partial charge in [-0.25, -0.2) is 4.18 Å². The van der Waals surface area contributed by atoms with E-state index in [0.29, 0.717) is 0 Å². The van der Waals surface area contributed by atoms with Gasteiger partial charge in [0.05, 0.1) is 6.61 Å². The Hall–Kier alpha value is -0.390. The molecular formula is C24H48O4S. The normalized spacial score (nSPS) is 13.3. The molecule has 1 atom stereocenters. The summed E-state index contributed by atoms with van der Waals surface area (Å²) in [4.78, 5) is 0. The molecule has 0 bridgehead atoms. The van der Waals surface area contributed by atoms with E-state index in [1.165, 1.54) is 83.5 Å². The zero-order chi connectivity index (χ0) is 21.6. The van der Waals surface area contributed by atoms with Gasteiger partial charge in [0.15, 0.2) is 0 Å². The van der Waals surface area contributed by atoms with Gasteiger partial charge in [-0.15, -0.1) is 0 Å². The molecule has 0 aromatic carbocycles. The van der Waals surface area contributed by atoms with Gasteiger partial charge in [0.25, 0.3) is 0 Å². The summed E-state index contributed by atoms with van der Waals surface area (Å²) in [5.74, 6) is 0.0612. The molecule has 0 aliphatic rings. The van der Waals surface area contributed by atoms with Crippen LogP contribution < -0.4 is 0 Å². The van der Waals surface area contributed by atoms with Crippen LogP contribution in [0.3, 0.4) is 0 Å². The quantitative estimate of drug-likeness (QED) is 0.107. The van der Waals surface area contributed by atoms with Crippen LogP contribution in [0.15, 0.2) is 12.2 Å². The fourth-order valence-corrected chi connectivity index (χ4v) is 3.97. The average molecular weight is 433 g/mol. The molecule has 0 aliphatic carbocycles. The third kappa shape index (κ3) is 23.8. The number of unbranched alkanes of at least 4 members (excludes halogenated alkanes) is 15. The molecule has 0 saturated carbocycles. The van der Waals surface area contributed by atoms with E-state index in [1.807, 2.05) is 0 Å². The van der Waals surface area contributed by atoms with Crippen LogP contribution in [0.1, 0.15) is 129 Å². The maximum Gasteiger partial charge on any atom is 0.397 e. The van der Waals surface area contributed by atoms with E-state index in [4.69, 9.17) is 4.55 Å². The lowest BCUT2D eigenvalue weighted by molar-refractivity contribution is 0.234. The van der Waals surface area contributed by atoms with Gasteiger partial charge in [-0.2, -0.15) is 8.42 Å². The Morgan fingerprint density at radius 2 is 1.17 bits per heavy atom. The van der Waals surface area contributed by atoms with E-state index in [9.17, 15) is 8.42 Å². The Kier molecular flexibility index (Phi) is 20.6. The molecular weight excluding hydrogens is 384 g/mol. The number of hydrogen-bond acceptors (Lipinski definition) is 3. The number of hydrogen-bond donors (Lipinski definition) is 1. The number of allylic oxidation sites excluding steroid dienone is 1. The van der Waals surface area contributed by atoms with Crippen LogP contribution in [0.4, 0.5) is 0 Å². The van der Waals surface area contributed by atoms with Crippen molar-refractivity contribution in [3.63, 3.8) is 0 Å². The topological polar surface area (TPSA) is 63.6 Å². The van der Waals surface area contributed by atoms with Crippen molar-refractivity contribution in [1.82, 2.24) is 0 Å². The highest BCUT2D eigenvalue weighted by Gasteiger charge is 2.11. The first kappa shape index (κ1) is 28.6. The van der Waals surface area contributed by atoms with Crippen molar-refractivity contribution in [2.45, 2.75) is 129 Å². The van der Waals surface area contributed by atoms with E-state index in [-0.39, 0.29) is 12.5 Å². The van der Waals surface area contributed by atoms with E-state index in [2.05, 4.69) is 30.2 Å². The third-order valence-corrected chi connectivity index (χ3v) is 5.93. The summed E-state index contributed by atoms with van der Waals surface area (Å²) in [6, 6.07) is 0. The summed E-state index contributed by atoms with van der Waals surface area (Å²) in [5, 5.41) is 0. The van der Waals surface area contributed by atoms with Crippen LogP contribution in [0.25, 0.3) is 0 Å². The van der Waals surface area contributed by atoms with Crippen LogP contribution in [-0.2, 0) is 14.6 Å². The molecule has 29 heavy (non-hydrogen) atoms. The second-order valence-corrected chi connectivity index (χ2v) is 9.52. The molecule has 0 heterocycles. The van der Waals surface area contributed by atoms with E-state index in [0.717, 1.165) is 32.1 Å². The maximum absolute atomic E-state index is 10.8. The monoisotopic (exact) mass is 432 g/mol. The fourth-order valence-electron chi connectivity index (χ4n) is 3.62. The average Bonchev–Trinajstić information content (AvgIpc) is 2.68. The van der Waals surface area contributed by atoms with Crippen molar-refractivity contribution in [2.75, 3.05) is 6.61 Å². The highest BCUT2D eigenvalue weighted by molar-refractivity contribution is 7.80. The van der Waals surface area contributed by atoms with Crippen molar-refractivity contribution < 1.29 is 17.2 Å². The summed E-state index contributed by atoms with van der Waals surface area (Å²) in [5.41, 5.74) is 0. The van der Waals surface area contributed by atoms with Crippen LogP contribution in [0.5, 0.6) is 0 Å². The molecule has 0 radical (unpaired) electrons. The van der Waals surface area contributed by atoms with Crippen molar-refractivity contribution in [3.8, 4) is 0 Å². The third-order valence-electron chi connectivity index (χ3n) is 5.49. The van der Waals surface area contributed by atoms with Crippen molar-refractivity contribution in [3.05, 3.63) is 12.2 Å². The van der Waals surface area contributed by atoms with Gasteiger partial charge in [-0.3, -0.25) is 4.55 Å². The number of rotatable bonds is 22. The second-order valence-electron chi connectivity index (χ2n) is 8.43. The first-order chi connectivity index (χ1) is 14.0. The SMILES string of the molecule is CCCC/C=C/C(CCCCCCCCCCCCCCCC)COS(=O)(=O)O. The molecule has 0 aromatic heterocycles. The summed E-state index contributed by atoms with van der Waals surface area (Å²) in [6.07, 6.45) is 27.0. The van der Waals surface area contributed by atoms with Gasteiger partial charge >= 0.3 is 10.4 Å². The van der Waals surface area contributed by atoms with Crippen LogP contribution >= 0.6 is 0 Å². The largest absolute Gasteiger partial charge is 0.397 e. The van der Waals surface area contributed by atoms with Gasteiger partial charge < -0.3 is 0 Å². The van der Waals surface area contributed by atoms with E-state index < -0.39 is 10.4 Å². The van der Waals surface area contributed by atoms with E-state index >= 15 is 0 Å². The fraction of sp³-hybridized carbons (Fsp3) is 0.917. The lowest BCUT2D eigenvalue weighted by Crippen LogP contribution is -2.12. The van der Waals surface area contributed by atoms with Gasteiger partial charge in [0.2, 0.25) is 0 Å². The summed E-state index contributed by atoms with van der Waals surface area (Å²) in [6.45, 7) is 4.46. The standard InChI is InChI=1S/C24H48O4S/c1-3-5-7-9-10-11-12-13-14-15-16-17-18-20-22-24(21-19-8-6-4-2)23-28-29(25,26)27/h19,21,24H,3-18,20,22-23H2,1-2H3,(H,25,26,27)/b21-19+. The summed E-state index contributed by atoms with van der Waals surface area (Å²) >= 11 is 0. The molecule has 174 valence electrons. The Balaban J connectivity index is 3.66. The molecule has 0 rings (SSSR count). The predicted molar refractivity (Wildman–Crippen MR) is 125 cm³/mol. The van der Waals surface area contributed by atoms with Crippen LogP contribution in [0, 0.1) is 5.92 Å².